The third-order valence-corrected chi connectivity index (χ3v) is 2.92. The number of nitrogens with one attached hydrogen (secondary N) is 2. The van der Waals surface area contributed by atoms with Gasteiger partial charge in [-0.15, -0.1) is 12.4 Å². The highest BCUT2D eigenvalue weighted by molar-refractivity contribution is 5.85. The molecule has 120 valence electrons. The highest BCUT2D eigenvalue weighted by Gasteiger charge is 2.15. The van der Waals surface area contributed by atoms with Gasteiger partial charge in [0.1, 0.15) is 5.75 Å². The van der Waals surface area contributed by atoms with Crippen LogP contribution in [-0.4, -0.2) is 26.1 Å². The normalized spacial score (nSPS) is 13.2. The SMILES string of the molecule is CNCC(C)C(=O)NC(C)c1ccc(OC(F)F)cc1.Cl. The minimum atomic E-state index is -2.83. The number of carbonyl (C=O) groups excluding carboxylic acids is 1. The number of hydrogen-bond acceptors (Lipinski definition) is 3. The molecule has 0 spiro atoms. The van der Waals surface area contributed by atoms with Crippen LogP contribution in [-0.2, 0) is 4.79 Å². The van der Waals surface area contributed by atoms with Gasteiger partial charge >= 0.3 is 6.61 Å². The average Bonchev–Trinajstić information content (AvgIpc) is 2.39. The number of carbonyl (C=O) groups is 1. The van der Waals surface area contributed by atoms with Gasteiger partial charge in [0.05, 0.1) is 6.04 Å². The van der Waals surface area contributed by atoms with Crippen molar-refractivity contribution in [2.45, 2.75) is 26.5 Å². The van der Waals surface area contributed by atoms with E-state index in [0.717, 1.165) is 5.56 Å². The number of alkyl halides is 2. The minimum Gasteiger partial charge on any atom is -0.435 e. The van der Waals surface area contributed by atoms with Crippen molar-refractivity contribution in [3.63, 3.8) is 0 Å². The lowest BCUT2D eigenvalue weighted by Crippen LogP contribution is -2.35. The molecule has 1 rings (SSSR count). The van der Waals surface area contributed by atoms with Crippen LogP contribution in [0.25, 0.3) is 0 Å². The second-order valence-corrected chi connectivity index (χ2v) is 4.64. The van der Waals surface area contributed by atoms with Crippen LogP contribution in [0.1, 0.15) is 25.5 Å². The van der Waals surface area contributed by atoms with Crippen LogP contribution in [0, 0.1) is 5.92 Å². The quantitative estimate of drug-likeness (QED) is 0.811. The van der Waals surface area contributed by atoms with E-state index in [0.29, 0.717) is 6.54 Å². The van der Waals surface area contributed by atoms with Gasteiger partial charge in [0, 0.05) is 12.5 Å². The van der Waals surface area contributed by atoms with Crippen molar-refractivity contribution < 1.29 is 18.3 Å². The summed E-state index contributed by atoms with van der Waals surface area (Å²) < 4.78 is 28.3. The van der Waals surface area contributed by atoms with Crippen LogP contribution in [0.3, 0.4) is 0 Å². The van der Waals surface area contributed by atoms with Gasteiger partial charge in [-0.25, -0.2) is 0 Å². The Morgan fingerprint density at radius 1 is 1.24 bits per heavy atom. The highest BCUT2D eigenvalue weighted by Crippen LogP contribution is 2.19. The first-order chi connectivity index (χ1) is 9.43. The number of halogens is 3. The van der Waals surface area contributed by atoms with Crippen LogP contribution in [0.2, 0.25) is 0 Å². The zero-order valence-electron chi connectivity index (χ0n) is 12.2. The molecular weight excluding hydrogens is 302 g/mol. The van der Waals surface area contributed by atoms with Crippen LogP contribution < -0.4 is 15.4 Å². The Bertz CT molecular complexity index is 429. The molecule has 7 heteroatoms. The van der Waals surface area contributed by atoms with E-state index in [1.165, 1.54) is 12.1 Å². The Morgan fingerprint density at radius 3 is 2.29 bits per heavy atom. The zero-order valence-corrected chi connectivity index (χ0v) is 13.0. The number of ether oxygens (including phenoxy) is 1. The van der Waals surface area contributed by atoms with Gasteiger partial charge in [0.2, 0.25) is 5.91 Å². The molecule has 2 atom stereocenters. The standard InChI is InChI=1S/C14H20F2N2O2.ClH/c1-9(8-17-3)13(19)18-10(2)11-4-6-12(7-5-11)20-14(15)16;/h4-7,9-10,14,17H,8H2,1-3H3,(H,18,19);1H. The van der Waals surface area contributed by atoms with Crippen molar-refractivity contribution in [3.8, 4) is 5.75 Å². The predicted octanol–water partition coefficient (Wildman–Crippen LogP) is 2.74. The molecule has 0 fully saturated rings. The maximum atomic E-state index is 12.0. The van der Waals surface area contributed by atoms with Gasteiger partial charge in [-0.05, 0) is 31.7 Å². The number of benzene rings is 1. The molecule has 1 amide bonds. The van der Waals surface area contributed by atoms with E-state index in [1.54, 1.807) is 19.2 Å². The van der Waals surface area contributed by atoms with Crippen LogP contribution in [0.15, 0.2) is 24.3 Å². The van der Waals surface area contributed by atoms with Crippen LogP contribution in [0.5, 0.6) is 5.75 Å². The molecule has 1 aromatic rings. The van der Waals surface area contributed by atoms with E-state index in [9.17, 15) is 13.6 Å². The molecule has 1 aromatic carbocycles. The average molecular weight is 323 g/mol. The number of rotatable bonds is 7. The molecule has 0 aromatic heterocycles. The van der Waals surface area contributed by atoms with Crippen molar-refractivity contribution in [3.05, 3.63) is 29.8 Å². The fourth-order valence-corrected chi connectivity index (χ4v) is 1.78. The molecule has 0 saturated heterocycles. The van der Waals surface area contributed by atoms with Crippen LogP contribution in [0.4, 0.5) is 8.78 Å². The molecule has 0 saturated carbocycles. The second kappa shape index (κ2) is 9.52. The molecule has 0 aliphatic heterocycles. The molecule has 0 aliphatic carbocycles. The molecular formula is C14H21ClF2N2O2. The van der Waals surface area contributed by atoms with E-state index < -0.39 is 6.61 Å². The van der Waals surface area contributed by atoms with Gasteiger partial charge in [0.25, 0.3) is 0 Å². The lowest BCUT2D eigenvalue weighted by Gasteiger charge is -2.18. The Kier molecular flexibility index (Phi) is 8.89. The molecule has 4 nitrogen and oxygen atoms in total. The summed E-state index contributed by atoms with van der Waals surface area (Å²) in [5.74, 6) is -0.0884. The predicted molar refractivity (Wildman–Crippen MR) is 80.0 cm³/mol. The van der Waals surface area contributed by atoms with E-state index in [-0.39, 0.29) is 36.0 Å². The largest absolute Gasteiger partial charge is 0.435 e. The summed E-state index contributed by atoms with van der Waals surface area (Å²) in [7, 11) is 1.79. The first kappa shape index (κ1) is 19.6. The molecule has 2 unspecified atom stereocenters. The summed E-state index contributed by atoms with van der Waals surface area (Å²) in [5.41, 5.74) is 0.830. The third kappa shape index (κ3) is 6.73. The van der Waals surface area contributed by atoms with Gasteiger partial charge in [-0.1, -0.05) is 19.1 Å². The summed E-state index contributed by atoms with van der Waals surface area (Å²) in [6, 6.07) is 6.04. The summed E-state index contributed by atoms with van der Waals surface area (Å²) in [4.78, 5) is 11.9. The first-order valence-electron chi connectivity index (χ1n) is 6.43. The van der Waals surface area contributed by atoms with Gasteiger partial charge in [0.15, 0.2) is 0 Å². The van der Waals surface area contributed by atoms with Crippen molar-refractivity contribution >= 4 is 18.3 Å². The highest BCUT2D eigenvalue weighted by atomic mass is 35.5. The van der Waals surface area contributed by atoms with Crippen LogP contribution >= 0.6 is 12.4 Å². The maximum Gasteiger partial charge on any atom is 0.387 e. The second-order valence-electron chi connectivity index (χ2n) is 4.64. The number of amides is 1. The van der Waals surface area contributed by atoms with Crippen molar-refractivity contribution in [1.29, 1.82) is 0 Å². The van der Waals surface area contributed by atoms with Gasteiger partial charge < -0.3 is 15.4 Å². The van der Waals surface area contributed by atoms with Gasteiger partial charge in [-0.2, -0.15) is 8.78 Å². The molecule has 0 bridgehead atoms. The summed E-state index contributed by atoms with van der Waals surface area (Å²) in [6.45, 7) is 1.44. The van der Waals surface area contributed by atoms with Crippen molar-refractivity contribution in [2.75, 3.05) is 13.6 Å². The lowest BCUT2D eigenvalue weighted by atomic mass is 10.1. The Labute approximate surface area is 129 Å². The Balaban J connectivity index is 0.00000400. The molecule has 2 N–H and O–H groups in total. The molecule has 0 aliphatic rings. The Morgan fingerprint density at radius 2 is 1.81 bits per heavy atom. The lowest BCUT2D eigenvalue weighted by molar-refractivity contribution is -0.125. The van der Waals surface area contributed by atoms with E-state index in [1.807, 2.05) is 13.8 Å². The Hall–Kier alpha value is -1.40. The zero-order chi connectivity index (χ0) is 15.1. The topological polar surface area (TPSA) is 50.4 Å². The third-order valence-electron chi connectivity index (χ3n) is 2.92. The summed E-state index contributed by atoms with van der Waals surface area (Å²) in [5, 5.41) is 5.81. The minimum absolute atomic E-state index is 0. The maximum absolute atomic E-state index is 12.0. The number of hydrogen-bond donors (Lipinski definition) is 2. The summed E-state index contributed by atoms with van der Waals surface area (Å²) in [6.07, 6.45) is 0. The van der Waals surface area contributed by atoms with E-state index >= 15 is 0 Å². The first-order valence-corrected chi connectivity index (χ1v) is 6.43. The molecule has 0 radical (unpaired) electrons. The van der Waals surface area contributed by atoms with Crippen molar-refractivity contribution in [2.24, 2.45) is 5.92 Å². The molecule has 21 heavy (non-hydrogen) atoms. The van der Waals surface area contributed by atoms with Gasteiger partial charge in [-0.3, -0.25) is 4.79 Å². The fourth-order valence-electron chi connectivity index (χ4n) is 1.78. The fraction of sp³-hybridized carbons (Fsp3) is 0.500. The van der Waals surface area contributed by atoms with E-state index in [4.69, 9.17) is 0 Å². The van der Waals surface area contributed by atoms with E-state index in [2.05, 4.69) is 15.4 Å². The summed E-state index contributed by atoms with van der Waals surface area (Å²) >= 11 is 0. The molecule has 0 heterocycles. The smallest absolute Gasteiger partial charge is 0.387 e. The monoisotopic (exact) mass is 322 g/mol. The van der Waals surface area contributed by atoms with Crippen molar-refractivity contribution in [1.82, 2.24) is 10.6 Å².